The summed E-state index contributed by atoms with van der Waals surface area (Å²) in [6, 6.07) is 1.90. The molecule has 1 aromatic heterocycles. The Balaban J connectivity index is 2.11. The third-order valence-electron chi connectivity index (χ3n) is 3.81. The van der Waals surface area contributed by atoms with E-state index in [1.165, 1.54) is 0 Å². The van der Waals surface area contributed by atoms with Gasteiger partial charge >= 0.3 is 0 Å². The van der Waals surface area contributed by atoms with Gasteiger partial charge < -0.3 is 15.4 Å². The summed E-state index contributed by atoms with van der Waals surface area (Å²) in [5, 5.41) is 0. The van der Waals surface area contributed by atoms with Crippen molar-refractivity contribution in [1.29, 1.82) is 0 Å². The number of thioether (sulfide) groups is 1. The van der Waals surface area contributed by atoms with E-state index in [-0.39, 0.29) is 4.75 Å². The Morgan fingerprint density at radius 1 is 1.42 bits per heavy atom. The highest BCUT2D eigenvalue weighted by molar-refractivity contribution is 8.00. The third-order valence-corrected chi connectivity index (χ3v) is 5.25. The summed E-state index contributed by atoms with van der Waals surface area (Å²) in [6.07, 6.45) is 4.34. The number of aryl methyl sites for hydroxylation is 1. The lowest BCUT2D eigenvalue weighted by atomic mass is 9.96. The van der Waals surface area contributed by atoms with E-state index in [9.17, 15) is 0 Å². The number of hydrogen-bond donors (Lipinski definition) is 1. The van der Waals surface area contributed by atoms with E-state index in [4.69, 9.17) is 10.5 Å². The summed E-state index contributed by atoms with van der Waals surface area (Å²) in [6.45, 7) is 4.60. The van der Waals surface area contributed by atoms with Gasteiger partial charge in [-0.05, 0) is 26.0 Å². The van der Waals surface area contributed by atoms with E-state index in [0.717, 1.165) is 44.1 Å². The minimum Gasteiger partial charge on any atom is -0.481 e. The molecule has 0 atom stereocenters. The minimum absolute atomic E-state index is 0.239. The van der Waals surface area contributed by atoms with Crippen LogP contribution < -0.4 is 15.4 Å². The maximum atomic E-state index is 5.92. The molecule has 2 rings (SSSR count). The van der Waals surface area contributed by atoms with Crippen LogP contribution in [-0.2, 0) is 0 Å². The largest absolute Gasteiger partial charge is 0.481 e. The zero-order valence-corrected chi connectivity index (χ0v) is 12.7. The van der Waals surface area contributed by atoms with E-state index < -0.39 is 0 Å². The number of rotatable bonds is 4. The number of aromatic nitrogens is 2. The second kappa shape index (κ2) is 5.96. The number of piperidine rings is 1. The first kappa shape index (κ1) is 14.4. The summed E-state index contributed by atoms with van der Waals surface area (Å²) < 4.78 is 5.45. The Labute approximate surface area is 118 Å². The lowest BCUT2D eigenvalue weighted by Crippen LogP contribution is -2.46. The summed E-state index contributed by atoms with van der Waals surface area (Å²) >= 11 is 1.89. The van der Waals surface area contributed by atoms with Gasteiger partial charge in [0.2, 0.25) is 5.88 Å². The molecule has 106 valence electrons. The molecule has 0 bridgehead atoms. The highest BCUT2D eigenvalue weighted by atomic mass is 32.2. The van der Waals surface area contributed by atoms with Crippen molar-refractivity contribution in [1.82, 2.24) is 9.97 Å². The van der Waals surface area contributed by atoms with Gasteiger partial charge in [-0.15, -0.1) is 0 Å². The van der Waals surface area contributed by atoms with Gasteiger partial charge in [-0.25, -0.2) is 4.98 Å². The normalized spacial score (nSPS) is 18.4. The van der Waals surface area contributed by atoms with E-state index in [1.54, 1.807) is 7.11 Å². The van der Waals surface area contributed by atoms with Crippen molar-refractivity contribution in [3.63, 3.8) is 0 Å². The van der Waals surface area contributed by atoms with Gasteiger partial charge in [0.1, 0.15) is 11.6 Å². The Bertz CT molecular complexity index is 427. The van der Waals surface area contributed by atoms with Crippen LogP contribution in [0.3, 0.4) is 0 Å². The molecule has 6 heteroatoms. The van der Waals surface area contributed by atoms with Gasteiger partial charge in [-0.2, -0.15) is 16.7 Å². The molecule has 5 nitrogen and oxygen atoms in total. The van der Waals surface area contributed by atoms with Gasteiger partial charge in [0.15, 0.2) is 0 Å². The van der Waals surface area contributed by atoms with E-state index in [2.05, 4.69) is 21.1 Å². The Kier molecular flexibility index (Phi) is 4.52. The van der Waals surface area contributed by atoms with Crippen LogP contribution in [0.1, 0.15) is 18.7 Å². The number of nitrogens with zero attached hydrogens (tertiary/aromatic N) is 3. The van der Waals surface area contributed by atoms with Crippen LogP contribution >= 0.6 is 11.8 Å². The lowest BCUT2D eigenvalue weighted by molar-refractivity contribution is 0.394. The zero-order chi connectivity index (χ0) is 13.9. The maximum absolute atomic E-state index is 5.92. The van der Waals surface area contributed by atoms with Crippen molar-refractivity contribution >= 4 is 17.6 Å². The molecule has 1 aliphatic rings. The maximum Gasteiger partial charge on any atom is 0.218 e. The quantitative estimate of drug-likeness (QED) is 0.902. The monoisotopic (exact) mass is 282 g/mol. The van der Waals surface area contributed by atoms with E-state index in [0.29, 0.717) is 5.88 Å². The summed E-state index contributed by atoms with van der Waals surface area (Å²) in [7, 11) is 1.63. The van der Waals surface area contributed by atoms with Crippen molar-refractivity contribution < 1.29 is 4.74 Å². The van der Waals surface area contributed by atoms with Gasteiger partial charge in [-0.1, -0.05) is 0 Å². The molecule has 1 saturated heterocycles. The first-order valence-electron chi connectivity index (χ1n) is 6.52. The molecule has 0 aliphatic carbocycles. The summed E-state index contributed by atoms with van der Waals surface area (Å²) in [5.74, 6) is 2.33. The molecule has 1 aliphatic heterocycles. The smallest absolute Gasteiger partial charge is 0.218 e. The first-order valence-corrected chi connectivity index (χ1v) is 7.75. The molecular weight excluding hydrogens is 260 g/mol. The van der Waals surface area contributed by atoms with Crippen molar-refractivity contribution in [3.8, 4) is 5.88 Å². The second-order valence-corrected chi connectivity index (χ2v) is 6.17. The third kappa shape index (κ3) is 3.12. The molecule has 2 heterocycles. The predicted octanol–water partition coefficient (Wildman–Crippen LogP) is 1.45. The highest BCUT2D eigenvalue weighted by Crippen LogP contribution is 2.35. The molecule has 0 saturated carbocycles. The number of ether oxygens (including phenoxy) is 1. The molecule has 0 aromatic carbocycles. The predicted molar refractivity (Wildman–Crippen MR) is 80.1 cm³/mol. The second-order valence-electron chi connectivity index (χ2n) is 4.89. The standard InChI is InChI=1S/C13H22N4OS/c1-10-15-11(8-12(16-10)18-2)17-6-4-13(9-14,19-3)5-7-17/h8H,4-7,9,14H2,1-3H3. The first-order chi connectivity index (χ1) is 9.12. The number of methoxy groups -OCH3 is 1. The summed E-state index contributed by atoms with van der Waals surface area (Å²) in [5.41, 5.74) is 5.92. The van der Waals surface area contributed by atoms with Gasteiger partial charge in [0.25, 0.3) is 0 Å². The molecule has 19 heavy (non-hydrogen) atoms. The fourth-order valence-electron chi connectivity index (χ4n) is 2.43. The van der Waals surface area contributed by atoms with Crippen LogP contribution in [0.5, 0.6) is 5.88 Å². The summed E-state index contributed by atoms with van der Waals surface area (Å²) in [4.78, 5) is 11.0. The Hall–Kier alpha value is -1.01. The van der Waals surface area contributed by atoms with Crippen molar-refractivity contribution in [2.45, 2.75) is 24.5 Å². The van der Waals surface area contributed by atoms with Gasteiger partial charge in [0, 0.05) is 30.4 Å². The van der Waals surface area contributed by atoms with Crippen LogP contribution in [0.15, 0.2) is 6.07 Å². The molecule has 0 spiro atoms. The van der Waals surface area contributed by atoms with Crippen LogP contribution in [-0.4, -0.2) is 47.7 Å². The average Bonchev–Trinajstić information content (AvgIpc) is 2.46. The molecule has 2 N–H and O–H groups in total. The molecule has 0 amide bonds. The van der Waals surface area contributed by atoms with Crippen LogP contribution in [0.25, 0.3) is 0 Å². The van der Waals surface area contributed by atoms with Gasteiger partial charge in [0.05, 0.1) is 7.11 Å². The Morgan fingerprint density at radius 3 is 2.63 bits per heavy atom. The lowest BCUT2D eigenvalue weighted by Gasteiger charge is -2.40. The van der Waals surface area contributed by atoms with E-state index in [1.807, 2.05) is 24.8 Å². The molecule has 0 radical (unpaired) electrons. The molecule has 0 unspecified atom stereocenters. The van der Waals surface area contributed by atoms with Crippen LogP contribution in [0.2, 0.25) is 0 Å². The molecule has 1 fully saturated rings. The average molecular weight is 282 g/mol. The number of nitrogens with two attached hydrogens (primary N) is 1. The SMILES string of the molecule is COc1cc(N2CCC(CN)(SC)CC2)nc(C)n1. The number of hydrogen-bond acceptors (Lipinski definition) is 6. The molecular formula is C13H22N4OS. The fraction of sp³-hybridized carbons (Fsp3) is 0.692. The zero-order valence-electron chi connectivity index (χ0n) is 11.8. The fourth-order valence-corrected chi connectivity index (χ4v) is 3.18. The van der Waals surface area contributed by atoms with Crippen molar-refractivity contribution in [2.24, 2.45) is 5.73 Å². The Morgan fingerprint density at radius 2 is 2.11 bits per heavy atom. The topological polar surface area (TPSA) is 64.3 Å². The van der Waals surface area contributed by atoms with Crippen molar-refractivity contribution in [3.05, 3.63) is 11.9 Å². The van der Waals surface area contributed by atoms with Crippen LogP contribution in [0, 0.1) is 6.92 Å². The van der Waals surface area contributed by atoms with Crippen molar-refractivity contribution in [2.75, 3.05) is 37.9 Å². The highest BCUT2D eigenvalue weighted by Gasteiger charge is 2.33. The minimum atomic E-state index is 0.239. The van der Waals surface area contributed by atoms with Crippen LogP contribution in [0.4, 0.5) is 5.82 Å². The van der Waals surface area contributed by atoms with Gasteiger partial charge in [-0.3, -0.25) is 0 Å². The number of anilines is 1. The van der Waals surface area contributed by atoms with E-state index >= 15 is 0 Å². The molecule has 1 aromatic rings.